The lowest BCUT2D eigenvalue weighted by atomic mass is 9.89. The maximum Gasteiger partial charge on any atom is 0.315 e. The third-order valence-electron chi connectivity index (χ3n) is 5.66. The average molecular weight is 505 g/mol. The number of nitrogens with one attached hydrogen (secondary N) is 2. The summed E-state index contributed by atoms with van der Waals surface area (Å²) in [5.41, 5.74) is 3.61. The van der Waals surface area contributed by atoms with Crippen LogP contribution in [0, 0.1) is 16.0 Å². The van der Waals surface area contributed by atoms with Crippen molar-refractivity contribution in [2.75, 3.05) is 7.11 Å². The topological polar surface area (TPSA) is 143 Å². The minimum atomic E-state index is -0.900. The molecule has 0 aliphatic rings. The van der Waals surface area contributed by atoms with Crippen LogP contribution < -0.4 is 15.5 Å². The van der Waals surface area contributed by atoms with Crippen LogP contribution in [0.25, 0.3) is 0 Å². The summed E-state index contributed by atoms with van der Waals surface area (Å²) in [6.07, 6.45) is 1.18. The van der Waals surface area contributed by atoms with Gasteiger partial charge >= 0.3 is 5.69 Å². The van der Waals surface area contributed by atoms with E-state index in [1.807, 2.05) is 60.7 Å². The molecule has 0 aliphatic heterocycles. The largest absolute Gasteiger partial charge is 0.500 e. The van der Waals surface area contributed by atoms with Gasteiger partial charge in [0, 0.05) is 11.6 Å². The van der Waals surface area contributed by atoms with Crippen LogP contribution in [-0.4, -0.2) is 41.2 Å². The van der Waals surface area contributed by atoms with E-state index in [-0.39, 0.29) is 23.1 Å². The number of nitro groups is 1. The number of rotatable bonds is 10. The van der Waals surface area contributed by atoms with E-state index in [1.54, 1.807) is 13.8 Å². The number of carbonyl (C=O) groups is 2. The molecule has 0 unspecified atom stereocenters. The zero-order valence-electron chi connectivity index (χ0n) is 20.6. The van der Waals surface area contributed by atoms with Gasteiger partial charge in [-0.05, 0) is 23.1 Å². The van der Waals surface area contributed by atoms with Gasteiger partial charge in [-0.15, -0.1) is 0 Å². The number of nitrogens with zero attached hydrogens (tertiary/aromatic N) is 2. The molecular weight excluding hydrogens is 476 g/mol. The second kappa shape index (κ2) is 12.3. The molecule has 0 aliphatic carbocycles. The van der Waals surface area contributed by atoms with Gasteiger partial charge in [-0.3, -0.25) is 19.7 Å². The van der Waals surface area contributed by atoms with Crippen molar-refractivity contribution in [2.24, 2.45) is 11.0 Å². The first-order valence-electron chi connectivity index (χ1n) is 11.5. The van der Waals surface area contributed by atoms with E-state index in [2.05, 4.69) is 15.8 Å². The first-order chi connectivity index (χ1) is 17.7. The van der Waals surface area contributed by atoms with E-state index >= 15 is 0 Å². The van der Waals surface area contributed by atoms with E-state index in [0.717, 1.165) is 17.2 Å². The van der Waals surface area contributed by atoms with E-state index in [1.165, 1.54) is 19.4 Å². The number of amides is 2. The van der Waals surface area contributed by atoms with Crippen LogP contribution in [0.1, 0.15) is 36.5 Å². The number of ether oxygens (including phenoxy) is 1. The first kappa shape index (κ1) is 26.9. The molecule has 0 aromatic heterocycles. The molecule has 0 bridgehead atoms. The Bertz CT molecular complexity index is 1240. The van der Waals surface area contributed by atoms with Gasteiger partial charge < -0.3 is 15.2 Å². The first-order valence-corrected chi connectivity index (χ1v) is 11.5. The summed E-state index contributed by atoms with van der Waals surface area (Å²) in [4.78, 5) is 36.8. The minimum Gasteiger partial charge on any atom is -0.500 e. The highest BCUT2D eigenvalue weighted by atomic mass is 16.6. The zero-order chi connectivity index (χ0) is 26.9. The van der Waals surface area contributed by atoms with E-state index in [9.17, 15) is 24.8 Å². The molecule has 0 radical (unpaired) electrons. The van der Waals surface area contributed by atoms with Crippen molar-refractivity contribution in [1.29, 1.82) is 0 Å². The lowest BCUT2D eigenvalue weighted by molar-refractivity contribution is -0.386. The predicted octanol–water partition coefficient (Wildman–Crippen LogP) is 3.73. The molecule has 0 saturated heterocycles. The number of aromatic hydroxyl groups is 1. The molecule has 0 spiro atoms. The van der Waals surface area contributed by atoms with Crippen molar-refractivity contribution in [2.45, 2.75) is 25.8 Å². The molecule has 3 aromatic rings. The third-order valence-corrected chi connectivity index (χ3v) is 5.66. The summed E-state index contributed by atoms with van der Waals surface area (Å²) >= 11 is 0. The van der Waals surface area contributed by atoms with Crippen LogP contribution in [0.15, 0.2) is 77.9 Å². The van der Waals surface area contributed by atoms with Gasteiger partial charge in [-0.2, -0.15) is 5.10 Å². The van der Waals surface area contributed by atoms with Crippen molar-refractivity contribution in [3.8, 4) is 11.5 Å². The van der Waals surface area contributed by atoms with Crippen molar-refractivity contribution in [1.82, 2.24) is 10.7 Å². The molecule has 37 heavy (non-hydrogen) atoms. The van der Waals surface area contributed by atoms with E-state index in [4.69, 9.17) is 4.74 Å². The number of hydrogen-bond acceptors (Lipinski definition) is 7. The Labute approximate surface area is 214 Å². The molecule has 3 aromatic carbocycles. The summed E-state index contributed by atoms with van der Waals surface area (Å²) in [5.74, 6) is -2.50. The van der Waals surface area contributed by atoms with Crippen LogP contribution in [-0.2, 0) is 9.59 Å². The fourth-order valence-corrected chi connectivity index (χ4v) is 3.78. The highest BCUT2D eigenvalue weighted by molar-refractivity contribution is 5.93. The monoisotopic (exact) mass is 504 g/mol. The third kappa shape index (κ3) is 6.69. The maximum atomic E-state index is 13.4. The van der Waals surface area contributed by atoms with E-state index in [0.29, 0.717) is 0 Å². The lowest BCUT2D eigenvalue weighted by Crippen LogP contribution is -2.50. The molecule has 10 nitrogen and oxygen atoms in total. The summed E-state index contributed by atoms with van der Waals surface area (Å²) in [6.45, 7) is 3.59. The molecule has 10 heteroatoms. The van der Waals surface area contributed by atoms with Crippen molar-refractivity contribution < 1.29 is 24.4 Å². The predicted molar refractivity (Wildman–Crippen MR) is 139 cm³/mol. The minimum absolute atomic E-state index is 0.109. The van der Waals surface area contributed by atoms with Gasteiger partial charge in [0.25, 0.3) is 5.91 Å². The summed E-state index contributed by atoms with van der Waals surface area (Å²) in [7, 11) is 1.26. The van der Waals surface area contributed by atoms with Crippen molar-refractivity contribution in [3.63, 3.8) is 0 Å². The van der Waals surface area contributed by atoms with Gasteiger partial charge in [0.15, 0.2) is 5.75 Å². The van der Waals surface area contributed by atoms with Crippen LogP contribution in [0.4, 0.5) is 5.69 Å². The molecule has 1 atom stereocenters. The molecule has 3 N–H and O–H groups in total. The quantitative estimate of drug-likeness (QED) is 0.218. The second-order valence-corrected chi connectivity index (χ2v) is 8.57. The van der Waals surface area contributed by atoms with Crippen molar-refractivity contribution in [3.05, 3.63) is 99.6 Å². The average Bonchev–Trinajstić information content (AvgIpc) is 2.89. The molecule has 0 saturated carbocycles. The van der Waals surface area contributed by atoms with Gasteiger partial charge in [0.05, 0.1) is 24.2 Å². The second-order valence-electron chi connectivity index (χ2n) is 8.57. The normalized spacial score (nSPS) is 11.9. The van der Waals surface area contributed by atoms with Crippen LogP contribution in [0.3, 0.4) is 0 Å². The highest BCUT2D eigenvalue weighted by Gasteiger charge is 2.29. The summed E-state index contributed by atoms with van der Waals surface area (Å²) in [5, 5.41) is 27.8. The Morgan fingerprint density at radius 1 is 1.00 bits per heavy atom. The van der Waals surface area contributed by atoms with Crippen molar-refractivity contribution >= 4 is 23.7 Å². The number of phenols is 1. The Morgan fingerprint density at radius 2 is 1.57 bits per heavy atom. The standard InChI is InChI=1S/C27H28N4O6/c1-17(2)24(27(34)30-28-16-18-14-21(31(35)36)25(32)22(15-18)37-3)29-26(33)23(19-10-6-4-7-11-19)20-12-8-5-9-13-20/h4-17,23-24,32H,1-3H3,(H,29,33)(H,30,34)/b28-16-/t24-/m0/s1. The molecule has 0 heterocycles. The molecule has 0 fully saturated rings. The van der Waals surface area contributed by atoms with Crippen LogP contribution >= 0.6 is 0 Å². The molecule has 192 valence electrons. The smallest absolute Gasteiger partial charge is 0.315 e. The molecule has 3 rings (SSSR count). The van der Waals surface area contributed by atoms with Crippen LogP contribution in [0.2, 0.25) is 0 Å². The van der Waals surface area contributed by atoms with Gasteiger partial charge in [0.1, 0.15) is 6.04 Å². The summed E-state index contributed by atoms with van der Waals surface area (Å²) < 4.78 is 4.96. The fourth-order valence-electron chi connectivity index (χ4n) is 3.78. The number of benzene rings is 3. The number of hydrogen-bond donors (Lipinski definition) is 3. The fraction of sp³-hybridized carbons (Fsp3) is 0.222. The Morgan fingerprint density at radius 3 is 2.05 bits per heavy atom. The number of hydrazone groups is 1. The molecular formula is C27H28N4O6. The number of phenolic OH excluding ortho intramolecular Hbond substituents is 1. The Kier molecular flexibility index (Phi) is 8.93. The SMILES string of the molecule is COc1cc(/C=N\NC(=O)[C@@H](NC(=O)C(c2ccccc2)c2ccccc2)C(C)C)cc([N+](=O)[O-])c1O. The van der Waals surface area contributed by atoms with E-state index < -0.39 is 34.2 Å². The molecule has 2 amide bonds. The van der Waals surface area contributed by atoms with Gasteiger partial charge in [-0.1, -0.05) is 74.5 Å². The number of nitro benzene ring substituents is 1. The van der Waals surface area contributed by atoms with Gasteiger partial charge in [0.2, 0.25) is 11.7 Å². The number of carbonyl (C=O) groups excluding carboxylic acids is 2. The Balaban J connectivity index is 1.78. The maximum absolute atomic E-state index is 13.4. The lowest BCUT2D eigenvalue weighted by Gasteiger charge is -2.24. The number of methoxy groups -OCH3 is 1. The Hall–Kier alpha value is -4.73. The van der Waals surface area contributed by atoms with Gasteiger partial charge in [-0.25, -0.2) is 5.43 Å². The summed E-state index contributed by atoms with van der Waals surface area (Å²) in [6, 6.07) is 20.1. The zero-order valence-corrected chi connectivity index (χ0v) is 20.6. The van der Waals surface area contributed by atoms with Crippen LogP contribution in [0.5, 0.6) is 11.5 Å². The highest BCUT2D eigenvalue weighted by Crippen LogP contribution is 2.36.